The molecule has 2 aliphatic rings. The predicted octanol–water partition coefficient (Wildman–Crippen LogP) is 3.40. The van der Waals surface area contributed by atoms with E-state index in [9.17, 15) is 4.79 Å². The number of hydrogen-bond donors (Lipinski definition) is 1. The molecule has 0 radical (unpaired) electrons. The summed E-state index contributed by atoms with van der Waals surface area (Å²) in [6.07, 6.45) is 3.48. The number of carbonyl (C=O) groups excluding carboxylic acids is 1. The van der Waals surface area contributed by atoms with E-state index in [2.05, 4.69) is 45.0 Å². The van der Waals surface area contributed by atoms with Crippen molar-refractivity contribution in [2.24, 2.45) is 5.41 Å². The Morgan fingerprint density at radius 1 is 1.24 bits per heavy atom. The number of hydrogen-bond acceptors (Lipinski definition) is 3. The van der Waals surface area contributed by atoms with Gasteiger partial charge in [-0.1, -0.05) is 13.8 Å². The predicted molar refractivity (Wildman–Crippen MR) is 104 cm³/mol. The molecule has 0 aromatic carbocycles. The summed E-state index contributed by atoms with van der Waals surface area (Å²) in [7, 11) is 0. The minimum Gasteiger partial charge on any atom is -0.337 e. The Labute approximate surface area is 157 Å². The van der Waals surface area contributed by atoms with E-state index < -0.39 is 0 Å². The van der Waals surface area contributed by atoms with Gasteiger partial charge in [-0.3, -0.25) is 9.48 Å². The molecule has 1 N–H and O–H groups in total. The van der Waals surface area contributed by atoms with Crippen molar-refractivity contribution in [3.05, 3.63) is 17.5 Å². The van der Waals surface area contributed by atoms with Crippen molar-refractivity contribution < 1.29 is 4.79 Å². The summed E-state index contributed by atoms with van der Waals surface area (Å²) in [5.74, 6) is 0.452. The highest BCUT2D eigenvalue weighted by Crippen LogP contribution is 2.37. The Morgan fingerprint density at radius 3 is 2.32 bits per heavy atom. The summed E-state index contributed by atoms with van der Waals surface area (Å²) in [6, 6.07) is 2.00. The number of nitrogens with zero attached hydrogens (tertiary/aromatic N) is 3. The number of piperidine rings is 1. The van der Waals surface area contributed by atoms with Crippen LogP contribution in [0.15, 0.2) is 6.07 Å². The fourth-order valence-electron chi connectivity index (χ4n) is 4.02. The van der Waals surface area contributed by atoms with Crippen molar-refractivity contribution in [2.75, 3.05) is 26.2 Å². The molecule has 0 unspecified atom stereocenters. The number of amides is 1. The molecule has 2 aliphatic heterocycles. The van der Waals surface area contributed by atoms with Gasteiger partial charge in [0.15, 0.2) is 5.69 Å². The summed E-state index contributed by atoms with van der Waals surface area (Å²) in [6.45, 7) is 14.7. The van der Waals surface area contributed by atoms with Crippen LogP contribution in [0.4, 0.5) is 0 Å². The average Bonchev–Trinajstić information content (AvgIpc) is 3.14. The third-order valence-corrected chi connectivity index (χ3v) is 5.63. The summed E-state index contributed by atoms with van der Waals surface area (Å²) < 4.78 is 2.03. The number of rotatable bonds is 2. The number of halogens is 1. The zero-order chi connectivity index (χ0) is 17.5. The first-order chi connectivity index (χ1) is 11.2. The van der Waals surface area contributed by atoms with Crippen LogP contribution in [0.1, 0.15) is 76.0 Å². The van der Waals surface area contributed by atoms with Crippen LogP contribution in [0, 0.1) is 5.41 Å². The molecule has 6 heteroatoms. The van der Waals surface area contributed by atoms with Crippen LogP contribution in [-0.2, 0) is 5.54 Å². The zero-order valence-corrected chi connectivity index (χ0v) is 17.1. The molecule has 1 amide bonds. The van der Waals surface area contributed by atoms with Crippen molar-refractivity contribution in [1.82, 2.24) is 20.0 Å². The van der Waals surface area contributed by atoms with Crippen molar-refractivity contribution in [3.8, 4) is 0 Å². The SMILES string of the molecule is CC(C)c1cc(C(=O)N2CCC3(CCNC3)CC2)nn1C(C)(C)C.Cl. The molecule has 1 aromatic heterocycles. The Kier molecular flexibility index (Phi) is 5.89. The lowest BCUT2D eigenvalue weighted by atomic mass is 9.78. The molecule has 2 fully saturated rings. The molecular formula is C19H33ClN4O. The maximum absolute atomic E-state index is 13.0. The van der Waals surface area contributed by atoms with Gasteiger partial charge in [-0.2, -0.15) is 5.10 Å². The van der Waals surface area contributed by atoms with Crippen LogP contribution in [0.3, 0.4) is 0 Å². The van der Waals surface area contributed by atoms with Crippen LogP contribution in [0.5, 0.6) is 0 Å². The number of likely N-dealkylation sites (tertiary alicyclic amines) is 1. The van der Waals surface area contributed by atoms with Gasteiger partial charge in [0.25, 0.3) is 5.91 Å². The minimum absolute atomic E-state index is 0. The highest BCUT2D eigenvalue weighted by molar-refractivity contribution is 5.92. The monoisotopic (exact) mass is 368 g/mol. The molecule has 0 bridgehead atoms. The summed E-state index contributed by atoms with van der Waals surface area (Å²) in [5.41, 5.74) is 2.07. The van der Waals surface area contributed by atoms with Crippen molar-refractivity contribution in [1.29, 1.82) is 0 Å². The van der Waals surface area contributed by atoms with Crippen LogP contribution < -0.4 is 5.32 Å². The molecule has 5 nitrogen and oxygen atoms in total. The molecule has 1 aromatic rings. The fraction of sp³-hybridized carbons (Fsp3) is 0.789. The molecular weight excluding hydrogens is 336 g/mol. The first kappa shape index (κ1) is 20.2. The molecule has 0 aliphatic carbocycles. The van der Waals surface area contributed by atoms with E-state index in [1.807, 2.05) is 15.6 Å². The van der Waals surface area contributed by atoms with Gasteiger partial charge in [-0.15, -0.1) is 12.4 Å². The van der Waals surface area contributed by atoms with E-state index in [4.69, 9.17) is 0 Å². The number of nitrogens with one attached hydrogen (secondary N) is 1. The van der Waals surface area contributed by atoms with Gasteiger partial charge in [-0.25, -0.2) is 0 Å². The van der Waals surface area contributed by atoms with Crippen LogP contribution in [-0.4, -0.2) is 46.8 Å². The van der Waals surface area contributed by atoms with Crippen molar-refractivity contribution >= 4 is 18.3 Å². The molecule has 142 valence electrons. The van der Waals surface area contributed by atoms with Gasteiger partial charge >= 0.3 is 0 Å². The first-order valence-electron chi connectivity index (χ1n) is 9.32. The van der Waals surface area contributed by atoms with Gasteiger partial charge in [-0.05, 0) is 64.0 Å². The van der Waals surface area contributed by atoms with E-state index >= 15 is 0 Å². The molecule has 2 saturated heterocycles. The molecule has 1 spiro atoms. The Balaban J connectivity index is 0.00000225. The first-order valence-corrected chi connectivity index (χ1v) is 9.32. The molecule has 3 rings (SSSR count). The van der Waals surface area contributed by atoms with Gasteiger partial charge < -0.3 is 10.2 Å². The second kappa shape index (κ2) is 7.28. The quantitative estimate of drug-likeness (QED) is 0.870. The van der Waals surface area contributed by atoms with Crippen molar-refractivity contribution in [2.45, 2.75) is 65.3 Å². The molecule has 0 atom stereocenters. The van der Waals surface area contributed by atoms with E-state index in [0.29, 0.717) is 17.0 Å². The van der Waals surface area contributed by atoms with Gasteiger partial charge in [0.2, 0.25) is 0 Å². The minimum atomic E-state index is -0.112. The lowest BCUT2D eigenvalue weighted by Gasteiger charge is -2.38. The normalized spacial score (nSPS) is 20.2. The van der Waals surface area contributed by atoms with E-state index in [-0.39, 0.29) is 23.9 Å². The average molecular weight is 369 g/mol. The number of aromatic nitrogens is 2. The van der Waals surface area contributed by atoms with Crippen LogP contribution >= 0.6 is 12.4 Å². The smallest absolute Gasteiger partial charge is 0.274 e. The van der Waals surface area contributed by atoms with Gasteiger partial charge in [0.05, 0.1) is 5.54 Å². The number of carbonyl (C=O) groups is 1. The Hall–Kier alpha value is -1.07. The highest BCUT2D eigenvalue weighted by Gasteiger charge is 2.38. The lowest BCUT2D eigenvalue weighted by molar-refractivity contribution is 0.0600. The second-order valence-corrected chi connectivity index (χ2v) is 8.91. The lowest BCUT2D eigenvalue weighted by Crippen LogP contribution is -2.44. The fourth-order valence-corrected chi connectivity index (χ4v) is 4.02. The molecule has 0 saturated carbocycles. The Bertz CT molecular complexity index is 601. The van der Waals surface area contributed by atoms with Crippen LogP contribution in [0.25, 0.3) is 0 Å². The summed E-state index contributed by atoms with van der Waals surface area (Å²) in [4.78, 5) is 15.0. The third-order valence-electron chi connectivity index (χ3n) is 5.63. The topological polar surface area (TPSA) is 50.2 Å². The molecule has 3 heterocycles. The third kappa shape index (κ3) is 4.03. The zero-order valence-electron chi connectivity index (χ0n) is 16.3. The second-order valence-electron chi connectivity index (χ2n) is 8.91. The largest absolute Gasteiger partial charge is 0.337 e. The summed E-state index contributed by atoms with van der Waals surface area (Å²) in [5, 5.41) is 8.16. The van der Waals surface area contributed by atoms with E-state index in [1.54, 1.807) is 0 Å². The van der Waals surface area contributed by atoms with Gasteiger partial charge in [0, 0.05) is 25.3 Å². The van der Waals surface area contributed by atoms with Gasteiger partial charge in [0.1, 0.15) is 0 Å². The van der Waals surface area contributed by atoms with Crippen molar-refractivity contribution in [3.63, 3.8) is 0 Å². The maximum Gasteiger partial charge on any atom is 0.274 e. The van der Waals surface area contributed by atoms with Crippen LogP contribution in [0.2, 0.25) is 0 Å². The summed E-state index contributed by atoms with van der Waals surface area (Å²) >= 11 is 0. The van der Waals surface area contributed by atoms with E-state index in [0.717, 1.165) is 44.7 Å². The standard InChI is InChI=1S/C19H32N4O.ClH/c1-14(2)16-12-15(21-23(16)18(3,4)5)17(24)22-10-7-19(8-11-22)6-9-20-13-19;/h12,14,20H,6-11,13H2,1-5H3;1H. The highest BCUT2D eigenvalue weighted by atomic mass is 35.5. The maximum atomic E-state index is 13.0. The van der Waals surface area contributed by atoms with E-state index in [1.165, 1.54) is 6.42 Å². The molecule has 25 heavy (non-hydrogen) atoms. The Morgan fingerprint density at radius 2 is 1.88 bits per heavy atom.